The summed E-state index contributed by atoms with van der Waals surface area (Å²) in [7, 11) is 0. The minimum Gasteiger partial charge on any atom is -0.481 e. The maximum absolute atomic E-state index is 11.9. The van der Waals surface area contributed by atoms with Crippen molar-refractivity contribution in [2.75, 3.05) is 19.8 Å². The number of hydrogen-bond acceptors (Lipinski definition) is 3. The van der Waals surface area contributed by atoms with Crippen LogP contribution < -0.4 is 0 Å². The van der Waals surface area contributed by atoms with Crippen LogP contribution in [0.5, 0.6) is 0 Å². The average Bonchev–Trinajstić information content (AvgIpc) is 2.34. The second-order valence-electron chi connectivity index (χ2n) is 4.72. The molecule has 2 unspecified atom stereocenters. The molecule has 0 aromatic heterocycles. The van der Waals surface area contributed by atoms with E-state index in [2.05, 4.69) is 4.74 Å². The first-order valence-electron chi connectivity index (χ1n) is 6.30. The molecular formula is C12H19F2NO4. The monoisotopic (exact) mass is 279 g/mol. The smallest absolute Gasteiger partial charge is 0.308 e. The third kappa shape index (κ3) is 5.10. The second-order valence-corrected chi connectivity index (χ2v) is 4.72. The summed E-state index contributed by atoms with van der Waals surface area (Å²) in [6.07, 6.45) is -1.34. The van der Waals surface area contributed by atoms with E-state index in [0.717, 1.165) is 0 Å². The number of nitrogens with zero attached hydrogens (tertiary/aromatic N) is 1. The molecular weight excluding hydrogens is 260 g/mol. The van der Waals surface area contributed by atoms with Gasteiger partial charge in [-0.2, -0.15) is 0 Å². The van der Waals surface area contributed by atoms with E-state index < -0.39 is 24.9 Å². The molecule has 0 saturated carbocycles. The van der Waals surface area contributed by atoms with Gasteiger partial charge in [-0.15, -0.1) is 0 Å². The van der Waals surface area contributed by atoms with Crippen LogP contribution in [0, 0.1) is 5.92 Å². The van der Waals surface area contributed by atoms with Crippen LogP contribution in [-0.2, 0) is 14.3 Å². The van der Waals surface area contributed by atoms with Gasteiger partial charge in [0.15, 0.2) is 0 Å². The summed E-state index contributed by atoms with van der Waals surface area (Å²) in [4.78, 5) is 24.3. The lowest BCUT2D eigenvalue weighted by Gasteiger charge is -2.36. The maximum atomic E-state index is 11.9. The van der Waals surface area contributed by atoms with E-state index >= 15 is 0 Å². The molecule has 1 rings (SSSR count). The minimum atomic E-state index is -2.54. The molecule has 0 aliphatic carbocycles. The highest BCUT2D eigenvalue weighted by Crippen LogP contribution is 2.22. The van der Waals surface area contributed by atoms with Gasteiger partial charge in [-0.1, -0.05) is 0 Å². The highest BCUT2D eigenvalue weighted by molar-refractivity contribution is 5.78. The molecule has 0 radical (unpaired) electrons. The summed E-state index contributed by atoms with van der Waals surface area (Å²) < 4.78 is 28.3. The number of ether oxygens (including phenoxy) is 1. The number of carboxylic acids is 1. The molecule has 1 aliphatic heterocycles. The van der Waals surface area contributed by atoms with Gasteiger partial charge in [0.05, 0.1) is 18.9 Å². The van der Waals surface area contributed by atoms with E-state index in [9.17, 15) is 18.4 Å². The van der Waals surface area contributed by atoms with Gasteiger partial charge < -0.3 is 14.7 Å². The Balaban J connectivity index is 2.38. The molecule has 110 valence electrons. The highest BCUT2D eigenvalue weighted by atomic mass is 19.3. The average molecular weight is 279 g/mol. The van der Waals surface area contributed by atoms with Crippen molar-refractivity contribution in [3.8, 4) is 0 Å². The van der Waals surface area contributed by atoms with Crippen molar-refractivity contribution in [1.29, 1.82) is 0 Å². The van der Waals surface area contributed by atoms with Gasteiger partial charge in [-0.3, -0.25) is 9.59 Å². The number of alkyl halides is 2. The summed E-state index contributed by atoms with van der Waals surface area (Å²) >= 11 is 0. The van der Waals surface area contributed by atoms with Gasteiger partial charge in [0, 0.05) is 12.6 Å². The van der Waals surface area contributed by atoms with E-state index in [0.29, 0.717) is 12.8 Å². The molecule has 7 heteroatoms. The first-order valence-corrected chi connectivity index (χ1v) is 6.30. The fraction of sp³-hybridized carbons (Fsp3) is 0.833. The molecule has 0 spiro atoms. The lowest BCUT2D eigenvalue weighted by atomic mass is 9.93. The Morgan fingerprint density at radius 3 is 2.68 bits per heavy atom. The zero-order valence-electron chi connectivity index (χ0n) is 10.8. The van der Waals surface area contributed by atoms with Gasteiger partial charge in [0.25, 0.3) is 6.43 Å². The predicted octanol–water partition coefficient (Wildman–Crippen LogP) is 1.37. The van der Waals surface area contributed by atoms with E-state index in [1.807, 2.05) is 6.92 Å². The number of carbonyl (C=O) groups excluding carboxylic acids is 1. The molecule has 5 nitrogen and oxygen atoms in total. The topological polar surface area (TPSA) is 66.8 Å². The van der Waals surface area contributed by atoms with Crippen LogP contribution in [0.2, 0.25) is 0 Å². The van der Waals surface area contributed by atoms with Gasteiger partial charge in [-0.25, -0.2) is 8.78 Å². The van der Waals surface area contributed by atoms with Crippen LogP contribution in [0.4, 0.5) is 8.78 Å². The zero-order valence-corrected chi connectivity index (χ0v) is 10.8. The van der Waals surface area contributed by atoms with Crippen molar-refractivity contribution >= 4 is 11.9 Å². The second kappa shape index (κ2) is 7.37. The van der Waals surface area contributed by atoms with E-state index in [1.165, 1.54) is 4.90 Å². The van der Waals surface area contributed by atoms with Crippen molar-refractivity contribution in [3.63, 3.8) is 0 Å². The first kappa shape index (κ1) is 15.8. The number of hydrogen-bond donors (Lipinski definition) is 1. The molecule has 1 N–H and O–H groups in total. The third-order valence-electron chi connectivity index (χ3n) is 3.26. The number of piperidine rings is 1. The Bertz CT molecular complexity index is 325. The summed E-state index contributed by atoms with van der Waals surface area (Å²) in [6, 6.07) is -0.0156. The molecule has 1 heterocycles. The van der Waals surface area contributed by atoms with Crippen LogP contribution in [0.15, 0.2) is 0 Å². The number of carbonyl (C=O) groups is 2. The van der Waals surface area contributed by atoms with Crippen molar-refractivity contribution < 1.29 is 28.2 Å². The Morgan fingerprint density at radius 2 is 2.11 bits per heavy atom. The third-order valence-corrected chi connectivity index (χ3v) is 3.26. The quantitative estimate of drug-likeness (QED) is 0.746. The minimum absolute atomic E-state index is 0.00337. The Labute approximate surface area is 110 Å². The molecule has 0 aromatic rings. The molecule has 1 aliphatic rings. The number of rotatable bonds is 6. The summed E-state index contributed by atoms with van der Waals surface area (Å²) in [5.41, 5.74) is 0. The maximum Gasteiger partial charge on any atom is 0.308 e. The molecule has 1 amide bonds. The molecule has 0 bridgehead atoms. The number of carboxylic acid groups (broad SMARTS) is 1. The van der Waals surface area contributed by atoms with Crippen molar-refractivity contribution in [2.45, 2.75) is 38.7 Å². The number of aliphatic carboxylic acids is 1. The van der Waals surface area contributed by atoms with E-state index in [-0.39, 0.29) is 31.5 Å². The summed E-state index contributed by atoms with van der Waals surface area (Å²) in [6.45, 7) is 1.30. The molecule has 0 aromatic carbocycles. The Morgan fingerprint density at radius 1 is 1.42 bits per heavy atom. The van der Waals surface area contributed by atoms with E-state index in [4.69, 9.17) is 5.11 Å². The van der Waals surface area contributed by atoms with Gasteiger partial charge >= 0.3 is 5.97 Å². The lowest BCUT2D eigenvalue weighted by Crippen LogP contribution is -2.47. The van der Waals surface area contributed by atoms with Crippen molar-refractivity contribution in [3.05, 3.63) is 0 Å². The molecule has 2 atom stereocenters. The van der Waals surface area contributed by atoms with Crippen molar-refractivity contribution in [1.82, 2.24) is 4.90 Å². The fourth-order valence-electron chi connectivity index (χ4n) is 2.13. The molecule has 1 fully saturated rings. The van der Waals surface area contributed by atoms with Gasteiger partial charge in [-0.05, 0) is 19.8 Å². The van der Waals surface area contributed by atoms with Gasteiger partial charge in [0.2, 0.25) is 5.91 Å². The van der Waals surface area contributed by atoms with Crippen LogP contribution in [0.1, 0.15) is 26.2 Å². The highest BCUT2D eigenvalue weighted by Gasteiger charge is 2.32. The summed E-state index contributed by atoms with van der Waals surface area (Å²) in [5.74, 6) is -1.69. The zero-order chi connectivity index (χ0) is 14.4. The normalized spacial score (nSPS) is 23.7. The fourth-order valence-corrected chi connectivity index (χ4v) is 2.13. The van der Waals surface area contributed by atoms with Crippen LogP contribution in [0.3, 0.4) is 0 Å². The largest absolute Gasteiger partial charge is 0.481 e. The number of likely N-dealkylation sites (tertiary alicyclic amines) is 1. The van der Waals surface area contributed by atoms with Crippen molar-refractivity contribution in [2.24, 2.45) is 5.92 Å². The predicted molar refractivity (Wildman–Crippen MR) is 63.0 cm³/mol. The molecule has 19 heavy (non-hydrogen) atoms. The number of halogens is 2. The Kier molecular flexibility index (Phi) is 6.14. The van der Waals surface area contributed by atoms with Crippen LogP contribution in [-0.4, -0.2) is 54.1 Å². The van der Waals surface area contributed by atoms with Crippen LogP contribution in [0.25, 0.3) is 0 Å². The molecule has 1 saturated heterocycles. The van der Waals surface area contributed by atoms with Gasteiger partial charge in [0.1, 0.15) is 6.61 Å². The summed E-state index contributed by atoms with van der Waals surface area (Å²) in [5, 5.41) is 8.95. The van der Waals surface area contributed by atoms with Crippen LogP contribution >= 0.6 is 0 Å². The number of amides is 1. The van der Waals surface area contributed by atoms with E-state index in [1.54, 1.807) is 0 Å². The Hall–Kier alpha value is -1.24. The first-order chi connectivity index (χ1) is 8.91. The standard InChI is InChI=1S/C12H19F2NO4/c1-8-2-3-9(12(17)18)6-15(8)11(16)4-5-19-7-10(13)14/h8-10H,2-7H2,1H3,(H,17,18). The lowest BCUT2D eigenvalue weighted by molar-refractivity contribution is -0.147. The SMILES string of the molecule is CC1CCC(C(=O)O)CN1C(=O)CCOCC(F)F.